The van der Waals surface area contributed by atoms with E-state index in [0.717, 1.165) is 6.42 Å². The van der Waals surface area contributed by atoms with Gasteiger partial charge in [-0.05, 0) is 18.6 Å². The maximum absolute atomic E-state index is 11.7. The molecule has 88 valence electrons. The minimum atomic E-state index is -0.389. The molecule has 0 aromatic heterocycles. The molecule has 0 saturated heterocycles. The Morgan fingerprint density at radius 3 is 2.75 bits per heavy atom. The summed E-state index contributed by atoms with van der Waals surface area (Å²) in [7, 11) is 0. The van der Waals surface area contributed by atoms with E-state index < -0.39 is 0 Å². The number of halogens is 1. The van der Waals surface area contributed by atoms with Crippen LogP contribution in [0, 0.1) is 0 Å². The SMILES string of the molecule is CCC(CBr)NC(=O)c1cccc(O)c1O. The predicted molar refractivity (Wildman–Crippen MR) is 65.1 cm³/mol. The number of hydrogen-bond acceptors (Lipinski definition) is 3. The Balaban J connectivity index is 2.84. The fourth-order valence-electron chi connectivity index (χ4n) is 1.23. The maximum atomic E-state index is 11.7. The Labute approximate surface area is 102 Å². The van der Waals surface area contributed by atoms with E-state index >= 15 is 0 Å². The van der Waals surface area contributed by atoms with Crippen LogP contribution < -0.4 is 5.32 Å². The van der Waals surface area contributed by atoms with Crippen molar-refractivity contribution in [2.45, 2.75) is 19.4 Å². The van der Waals surface area contributed by atoms with E-state index in [-0.39, 0.29) is 29.0 Å². The molecule has 1 amide bonds. The molecule has 1 atom stereocenters. The molecule has 0 aliphatic heterocycles. The van der Waals surface area contributed by atoms with Crippen LogP contribution in [0.15, 0.2) is 18.2 Å². The molecule has 16 heavy (non-hydrogen) atoms. The lowest BCUT2D eigenvalue weighted by molar-refractivity contribution is 0.0937. The van der Waals surface area contributed by atoms with Crippen LogP contribution in [0.5, 0.6) is 11.5 Å². The summed E-state index contributed by atoms with van der Waals surface area (Å²) in [5.41, 5.74) is 0.0828. The van der Waals surface area contributed by atoms with Gasteiger partial charge >= 0.3 is 0 Å². The van der Waals surface area contributed by atoms with Crippen molar-refractivity contribution in [3.8, 4) is 11.5 Å². The van der Waals surface area contributed by atoms with E-state index in [2.05, 4.69) is 21.2 Å². The summed E-state index contributed by atoms with van der Waals surface area (Å²) >= 11 is 3.28. The molecule has 0 saturated carbocycles. The number of phenols is 2. The highest BCUT2D eigenvalue weighted by atomic mass is 79.9. The third kappa shape index (κ3) is 2.88. The van der Waals surface area contributed by atoms with Crippen molar-refractivity contribution in [2.24, 2.45) is 0 Å². The fourth-order valence-corrected chi connectivity index (χ4v) is 1.85. The Kier molecular flexibility index (Phi) is 4.61. The Morgan fingerprint density at radius 1 is 1.50 bits per heavy atom. The minimum absolute atomic E-state index is 0.00856. The highest BCUT2D eigenvalue weighted by molar-refractivity contribution is 9.09. The molecule has 0 fully saturated rings. The fraction of sp³-hybridized carbons (Fsp3) is 0.364. The molecule has 5 heteroatoms. The molecule has 1 aromatic rings. The summed E-state index contributed by atoms with van der Waals surface area (Å²) < 4.78 is 0. The van der Waals surface area contributed by atoms with Crippen molar-refractivity contribution in [2.75, 3.05) is 5.33 Å². The third-order valence-corrected chi connectivity index (χ3v) is 3.06. The van der Waals surface area contributed by atoms with Gasteiger partial charge in [0.1, 0.15) is 0 Å². The lowest BCUT2D eigenvalue weighted by Crippen LogP contribution is -2.35. The Bertz CT molecular complexity index is 377. The van der Waals surface area contributed by atoms with Gasteiger partial charge in [0, 0.05) is 11.4 Å². The molecule has 0 heterocycles. The number of rotatable bonds is 4. The number of alkyl halides is 1. The first kappa shape index (κ1) is 12.8. The number of aromatic hydroxyl groups is 2. The molecule has 4 nitrogen and oxygen atoms in total. The molecular weight excluding hydrogens is 274 g/mol. The number of para-hydroxylation sites is 1. The van der Waals surface area contributed by atoms with Gasteiger partial charge in [0.15, 0.2) is 11.5 Å². The predicted octanol–water partition coefficient (Wildman–Crippen LogP) is 2.00. The van der Waals surface area contributed by atoms with Crippen molar-refractivity contribution in [1.29, 1.82) is 0 Å². The molecule has 3 N–H and O–H groups in total. The second kappa shape index (κ2) is 5.75. The lowest BCUT2D eigenvalue weighted by Gasteiger charge is -2.14. The summed E-state index contributed by atoms with van der Waals surface area (Å²) in [5, 5.41) is 22.2. The number of amides is 1. The first-order valence-corrected chi connectivity index (χ1v) is 6.10. The largest absolute Gasteiger partial charge is 0.504 e. The normalized spacial score (nSPS) is 12.1. The van der Waals surface area contributed by atoms with Crippen LogP contribution in [0.4, 0.5) is 0 Å². The van der Waals surface area contributed by atoms with Gasteiger partial charge in [0.25, 0.3) is 5.91 Å². The number of carbonyl (C=O) groups excluding carboxylic acids is 1. The van der Waals surface area contributed by atoms with Crippen LogP contribution in [-0.2, 0) is 0 Å². The lowest BCUT2D eigenvalue weighted by atomic mass is 10.1. The first-order valence-electron chi connectivity index (χ1n) is 4.97. The molecule has 0 spiro atoms. The number of nitrogens with one attached hydrogen (secondary N) is 1. The smallest absolute Gasteiger partial charge is 0.255 e. The monoisotopic (exact) mass is 287 g/mol. The van der Waals surface area contributed by atoms with Crippen molar-refractivity contribution in [1.82, 2.24) is 5.32 Å². The zero-order chi connectivity index (χ0) is 12.1. The number of benzene rings is 1. The van der Waals surface area contributed by atoms with E-state index in [4.69, 9.17) is 0 Å². The van der Waals surface area contributed by atoms with Crippen molar-refractivity contribution < 1.29 is 15.0 Å². The van der Waals surface area contributed by atoms with Crippen LogP contribution in [0.3, 0.4) is 0 Å². The zero-order valence-corrected chi connectivity index (χ0v) is 10.5. The van der Waals surface area contributed by atoms with E-state index in [1.807, 2.05) is 6.92 Å². The van der Waals surface area contributed by atoms with E-state index in [1.165, 1.54) is 18.2 Å². The highest BCUT2D eigenvalue weighted by Crippen LogP contribution is 2.28. The highest BCUT2D eigenvalue weighted by Gasteiger charge is 2.16. The molecule has 1 rings (SSSR count). The van der Waals surface area contributed by atoms with Crippen LogP contribution in [0.25, 0.3) is 0 Å². The standard InChI is InChI=1S/C11H14BrNO3/c1-2-7(6-12)13-11(16)8-4-3-5-9(14)10(8)15/h3-5,7,14-15H,2,6H2,1H3,(H,13,16). The second-order valence-corrected chi connectivity index (χ2v) is 4.05. The van der Waals surface area contributed by atoms with E-state index in [9.17, 15) is 15.0 Å². The molecule has 1 unspecified atom stereocenters. The topological polar surface area (TPSA) is 69.6 Å². The third-order valence-electron chi connectivity index (χ3n) is 2.27. The molecule has 0 radical (unpaired) electrons. The molecular formula is C11H14BrNO3. The maximum Gasteiger partial charge on any atom is 0.255 e. The quantitative estimate of drug-likeness (QED) is 0.586. The summed E-state index contributed by atoms with van der Waals surface area (Å²) in [4.78, 5) is 11.7. The van der Waals surface area contributed by atoms with Crippen molar-refractivity contribution in [3.05, 3.63) is 23.8 Å². The Morgan fingerprint density at radius 2 is 2.19 bits per heavy atom. The zero-order valence-electron chi connectivity index (χ0n) is 8.90. The Hall–Kier alpha value is -1.23. The van der Waals surface area contributed by atoms with E-state index in [1.54, 1.807) is 0 Å². The van der Waals surface area contributed by atoms with Crippen LogP contribution in [0.1, 0.15) is 23.7 Å². The van der Waals surface area contributed by atoms with Gasteiger partial charge in [0.2, 0.25) is 0 Å². The van der Waals surface area contributed by atoms with Gasteiger partial charge in [-0.25, -0.2) is 0 Å². The van der Waals surface area contributed by atoms with Crippen LogP contribution in [0.2, 0.25) is 0 Å². The van der Waals surface area contributed by atoms with Crippen molar-refractivity contribution >= 4 is 21.8 Å². The van der Waals surface area contributed by atoms with Gasteiger partial charge in [-0.3, -0.25) is 4.79 Å². The minimum Gasteiger partial charge on any atom is -0.504 e. The van der Waals surface area contributed by atoms with Crippen molar-refractivity contribution in [3.63, 3.8) is 0 Å². The van der Waals surface area contributed by atoms with Crippen LogP contribution >= 0.6 is 15.9 Å². The molecule has 0 aliphatic carbocycles. The second-order valence-electron chi connectivity index (χ2n) is 3.41. The van der Waals surface area contributed by atoms with Gasteiger partial charge in [-0.2, -0.15) is 0 Å². The van der Waals surface area contributed by atoms with Gasteiger partial charge < -0.3 is 15.5 Å². The summed E-state index contributed by atoms with van der Waals surface area (Å²) in [6.45, 7) is 1.95. The van der Waals surface area contributed by atoms with Gasteiger partial charge in [-0.1, -0.05) is 28.9 Å². The summed E-state index contributed by atoms with van der Waals surface area (Å²) in [6, 6.07) is 4.31. The molecule has 0 aliphatic rings. The average molecular weight is 288 g/mol. The number of carbonyl (C=O) groups is 1. The molecule has 0 bridgehead atoms. The average Bonchev–Trinajstić information content (AvgIpc) is 2.29. The number of hydrogen-bond donors (Lipinski definition) is 3. The number of phenolic OH excluding ortho intramolecular Hbond substituents is 2. The van der Waals surface area contributed by atoms with Gasteiger partial charge in [0.05, 0.1) is 5.56 Å². The van der Waals surface area contributed by atoms with E-state index in [0.29, 0.717) is 5.33 Å². The van der Waals surface area contributed by atoms with Gasteiger partial charge in [-0.15, -0.1) is 0 Å². The first-order chi connectivity index (χ1) is 7.60. The summed E-state index contributed by atoms with van der Waals surface area (Å²) in [6.07, 6.45) is 0.788. The molecule has 1 aromatic carbocycles. The summed E-state index contributed by atoms with van der Waals surface area (Å²) in [5.74, 6) is -1.07. The van der Waals surface area contributed by atoms with Crippen LogP contribution in [-0.4, -0.2) is 27.5 Å².